The Morgan fingerprint density at radius 2 is 2.36 bits per heavy atom. The Morgan fingerprint density at radius 3 is 2.82 bits per heavy atom. The van der Waals surface area contributed by atoms with E-state index in [2.05, 4.69) is 0 Å². The molecule has 0 aliphatic rings. The molecule has 1 N–H and O–H groups in total. The molecule has 0 aromatic carbocycles. The van der Waals surface area contributed by atoms with Gasteiger partial charge in [0.1, 0.15) is 0 Å². The first kappa shape index (κ1) is 9.00. The van der Waals surface area contributed by atoms with E-state index in [0.29, 0.717) is 0 Å². The van der Waals surface area contributed by atoms with Crippen molar-refractivity contribution in [3.63, 3.8) is 0 Å². The van der Waals surface area contributed by atoms with E-state index in [0.717, 1.165) is 10.9 Å². The summed E-state index contributed by atoms with van der Waals surface area (Å²) in [6, 6.07) is 3.84. The zero-order valence-corrected chi connectivity index (χ0v) is 7.82. The number of nitrogens with zero attached hydrogens (tertiary/aromatic N) is 1. The number of halogens is 1. The van der Waals surface area contributed by atoms with E-state index < -0.39 is 0 Å². The molecule has 0 fully saturated rings. The van der Waals surface area contributed by atoms with Crippen molar-refractivity contribution in [3.05, 3.63) is 21.3 Å². The lowest BCUT2D eigenvalue weighted by Crippen LogP contribution is -2.17. The van der Waals surface area contributed by atoms with Gasteiger partial charge in [-0.2, -0.15) is 0 Å². The minimum absolute atomic E-state index is 0.0789. The lowest BCUT2D eigenvalue weighted by atomic mass is 10.4. The molecular formula is C7H10ClNOS. The van der Waals surface area contributed by atoms with Gasteiger partial charge in [0.05, 0.1) is 11.1 Å². The first-order chi connectivity index (χ1) is 5.22. The summed E-state index contributed by atoms with van der Waals surface area (Å²) in [6.45, 7) is 0.837. The maximum absolute atomic E-state index is 8.70. The van der Waals surface area contributed by atoms with Gasteiger partial charge in [0.2, 0.25) is 0 Å². The largest absolute Gasteiger partial charge is 0.381 e. The molecule has 0 amide bonds. The predicted molar refractivity (Wildman–Crippen MR) is 47.9 cm³/mol. The molecule has 0 saturated heterocycles. The van der Waals surface area contributed by atoms with Gasteiger partial charge in [-0.05, 0) is 19.2 Å². The van der Waals surface area contributed by atoms with Crippen LogP contribution in [0.3, 0.4) is 0 Å². The molecule has 2 nitrogen and oxygen atoms in total. The van der Waals surface area contributed by atoms with E-state index in [9.17, 15) is 0 Å². The summed E-state index contributed by atoms with van der Waals surface area (Å²) < 4.78 is 0.798. The molecule has 0 bridgehead atoms. The first-order valence-corrected chi connectivity index (χ1v) is 4.45. The minimum Gasteiger partial charge on any atom is -0.381 e. The fourth-order valence-corrected chi connectivity index (χ4v) is 1.92. The summed E-state index contributed by atoms with van der Waals surface area (Å²) in [5.74, 6) is 0. The van der Waals surface area contributed by atoms with E-state index in [1.807, 2.05) is 24.1 Å². The molecule has 0 saturated carbocycles. The van der Waals surface area contributed by atoms with E-state index in [1.54, 1.807) is 11.3 Å². The highest BCUT2D eigenvalue weighted by Crippen LogP contribution is 2.21. The van der Waals surface area contributed by atoms with Gasteiger partial charge in [0.25, 0.3) is 0 Å². The van der Waals surface area contributed by atoms with E-state index >= 15 is 0 Å². The van der Waals surface area contributed by atoms with Gasteiger partial charge in [0.15, 0.2) is 0 Å². The fourth-order valence-electron chi connectivity index (χ4n) is 0.753. The molecule has 1 aromatic heterocycles. The third-order valence-electron chi connectivity index (χ3n) is 1.30. The topological polar surface area (TPSA) is 23.5 Å². The van der Waals surface area contributed by atoms with Crippen LogP contribution in [-0.2, 0) is 6.54 Å². The first-order valence-electron chi connectivity index (χ1n) is 3.26. The van der Waals surface area contributed by atoms with Crippen LogP contribution in [0, 0.1) is 0 Å². The van der Waals surface area contributed by atoms with Crippen molar-refractivity contribution >= 4 is 22.9 Å². The van der Waals surface area contributed by atoms with Gasteiger partial charge in [-0.25, -0.2) is 0 Å². The highest BCUT2D eigenvalue weighted by molar-refractivity contribution is 7.16. The van der Waals surface area contributed by atoms with Crippen LogP contribution < -0.4 is 0 Å². The van der Waals surface area contributed by atoms with Gasteiger partial charge in [-0.15, -0.1) is 11.3 Å². The molecule has 4 heteroatoms. The van der Waals surface area contributed by atoms with Crippen molar-refractivity contribution in [1.29, 1.82) is 0 Å². The lowest BCUT2D eigenvalue weighted by Gasteiger charge is -2.10. The maximum atomic E-state index is 8.70. The molecule has 1 rings (SSSR count). The quantitative estimate of drug-likeness (QED) is 0.737. The van der Waals surface area contributed by atoms with Gasteiger partial charge in [-0.1, -0.05) is 11.6 Å². The van der Waals surface area contributed by atoms with E-state index in [-0.39, 0.29) is 6.73 Å². The van der Waals surface area contributed by atoms with Gasteiger partial charge < -0.3 is 5.11 Å². The SMILES string of the molecule is CN(CO)Cc1ccc(Cl)s1. The molecule has 0 radical (unpaired) electrons. The zero-order valence-electron chi connectivity index (χ0n) is 6.25. The average Bonchev–Trinajstić information content (AvgIpc) is 2.35. The Bertz CT molecular complexity index is 226. The molecule has 0 spiro atoms. The summed E-state index contributed by atoms with van der Waals surface area (Å²) in [4.78, 5) is 2.98. The van der Waals surface area contributed by atoms with Crippen LogP contribution >= 0.6 is 22.9 Å². The van der Waals surface area contributed by atoms with Gasteiger partial charge in [-0.3, -0.25) is 4.90 Å². The van der Waals surface area contributed by atoms with Gasteiger partial charge >= 0.3 is 0 Å². The van der Waals surface area contributed by atoms with Crippen molar-refractivity contribution in [2.75, 3.05) is 13.8 Å². The monoisotopic (exact) mass is 191 g/mol. The average molecular weight is 192 g/mol. The highest BCUT2D eigenvalue weighted by atomic mass is 35.5. The molecule has 11 heavy (non-hydrogen) atoms. The van der Waals surface area contributed by atoms with Crippen molar-refractivity contribution in [2.45, 2.75) is 6.54 Å². The van der Waals surface area contributed by atoms with Crippen LogP contribution in [-0.4, -0.2) is 23.8 Å². The van der Waals surface area contributed by atoms with Crippen molar-refractivity contribution < 1.29 is 5.11 Å². The fraction of sp³-hybridized carbons (Fsp3) is 0.429. The summed E-state index contributed by atoms with van der Waals surface area (Å²) in [6.07, 6.45) is 0. The second-order valence-corrected chi connectivity index (χ2v) is 4.16. The summed E-state index contributed by atoms with van der Waals surface area (Å²) in [5.41, 5.74) is 0. The zero-order chi connectivity index (χ0) is 8.27. The van der Waals surface area contributed by atoms with Crippen molar-refractivity contribution in [2.24, 2.45) is 0 Å². The van der Waals surface area contributed by atoms with Crippen molar-refractivity contribution in [3.8, 4) is 0 Å². The predicted octanol–water partition coefficient (Wildman–Crippen LogP) is 1.78. The van der Waals surface area contributed by atoms with Crippen molar-refractivity contribution in [1.82, 2.24) is 4.90 Å². The molecule has 62 valence electrons. The summed E-state index contributed by atoms with van der Waals surface area (Å²) in [5, 5.41) is 8.70. The van der Waals surface area contributed by atoms with E-state index in [1.165, 1.54) is 4.88 Å². The van der Waals surface area contributed by atoms with Crippen LogP contribution in [0.2, 0.25) is 4.34 Å². The third-order valence-corrected chi connectivity index (χ3v) is 2.51. The molecule has 0 aliphatic heterocycles. The van der Waals surface area contributed by atoms with Crippen LogP contribution in [0.4, 0.5) is 0 Å². The smallest absolute Gasteiger partial charge is 0.0957 e. The number of hydrogen-bond acceptors (Lipinski definition) is 3. The standard InChI is InChI=1S/C7H10ClNOS/c1-9(5-10)4-6-2-3-7(8)11-6/h2-3,10H,4-5H2,1H3. The molecule has 1 aromatic rings. The number of aliphatic hydroxyl groups excluding tert-OH is 1. The van der Waals surface area contributed by atoms with Crippen LogP contribution in [0.1, 0.15) is 4.88 Å². The van der Waals surface area contributed by atoms with Crippen LogP contribution in [0.5, 0.6) is 0 Å². The number of hydrogen-bond donors (Lipinski definition) is 1. The maximum Gasteiger partial charge on any atom is 0.0957 e. The lowest BCUT2D eigenvalue weighted by molar-refractivity contribution is 0.128. The molecule has 0 unspecified atom stereocenters. The summed E-state index contributed by atoms with van der Waals surface area (Å²) >= 11 is 7.27. The molecular weight excluding hydrogens is 182 g/mol. The summed E-state index contributed by atoms with van der Waals surface area (Å²) in [7, 11) is 1.85. The Labute approximate surface area is 75.0 Å². The third kappa shape index (κ3) is 2.79. The molecule has 0 aliphatic carbocycles. The normalized spacial score (nSPS) is 10.9. The number of rotatable bonds is 3. The highest BCUT2D eigenvalue weighted by Gasteiger charge is 2.00. The number of aliphatic hydroxyl groups is 1. The second kappa shape index (κ2) is 4.07. The van der Waals surface area contributed by atoms with Crippen LogP contribution in [0.15, 0.2) is 12.1 Å². The van der Waals surface area contributed by atoms with E-state index in [4.69, 9.17) is 16.7 Å². The van der Waals surface area contributed by atoms with Crippen LogP contribution in [0.25, 0.3) is 0 Å². The Hall–Kier alpha value is -0.0900. The second-order valence-electron chi connectivity index (χ2n) is 2.36. The molecule has 0 atom stereocenters. The molecule has 1 heterocycles. The minimum atomic E-state index is 0.0789. The Balaban J connectivity index is 2.50. The van der Waals surface area contributed by atoms with Gasteiger partial charge in [0, 0.05) is 11.4 Å². The Kier molecular flexibility index (Phi) is 3.33. The Morgan fingerprint density at radius 1 is 1.64 bits per heavy atom. The number of thiophene rings is 1.